The van der Waals surface area contributed by atoms with Crippen molar-refractivity contribution in [2.24, 2.45) is 0 Å². The van der Waals surface area contributed by atoms with E-state index in [1.807, 2.05) is 49.3 Å². The Kier molecular flexibility index (Phi) is 6.25. The molecule has 1 saturated heterocycles. The molecule has 146 valence electrons. The Morgan fingerprint density at radius 1 is 1.15 bits per heavy atom. The lowest BCUT2D eigenvalue weighted by atomic mass is 10.1. The molecule has 0 aliphatic carbocycles. The number of ether oxygens (including phenoxy) is 1. The van der Waals surface area contributed by atoms with Crippen molar-refractivity contribution < 1.29 is 13.2 Å². The number of nitrogens with zero attached hydrogens (tertiary/aromatic N) is 4. The van der Waals surface area contributed by atoms with E-state index < -0.39 is 10.0 Å². The zero-order valence-corrected chi connectivity index (χ0v) is 16.4. The molecule has 0 bridgehead atoms. The molecule has 0 atom stereocenters. The van der Waals surface area contributed by atoms with Crippen LogP contribution < -0.4 is 10.2 Å². The topological polar surface area (TPSA) is 87.7 Å². The molecule has 1 aliphatic rings. The van der Waals surface area contributed by atoms with Crippen LogP contribution in [0.5, 0.6) is 0 Å². The summed E-state index contributed by atoms with van der Waals surface area (Å²) in [5, 5.41) is 3.01. The lowest BCUT2D eigenvalue weighted by Gasteiger charge is -2.26. The van der Waals surface area contributed by atoms with Crippen LogP contribution in [-0.2, 0) is 14.8 Å². The van der Waals surface area contributed by atoms with Gasteiger partial charge < -0.3 is 15.0 Å². The number of hydrogen-bond donors (Lipinski definition) is 1. The van der Waals surface area contributed by atoms with Crippen molar-refractivity contribution in [2.75, 3.05) is 62.9 Å². The summed E-state index contributed by atoms with van der Waals surface area (Å²) in [6.07, 6.45) is 1.67. The van der Waals surface area contributed by atoms with E-state index >= 15 is 0 Å². The van der Waals surface area contributed by atoms with E-state index in [0.717, 1.165) is 16.9 Å². The zero-order chi connectivity index (χ0) is 19.3. The molecule has 1 aromatic carbocycles. The average molecular weight is 391 g/mol. The van der Waals surface area contributed by atoms with Crippen LogP contribution in [0.4, 0.5) is 11.6 Å². The van der Waals surface area contributed by atoms with Gasteiger partial charge in [-0.15, -0.1) is 0 Å². The van der Waals surface area contributed by atoms with Crippen molar-refractivity contribution in [1.82, 2.24) is 14.3 Å². The Bertz CT molecular complexity index is 850. The van der Waals surface area contributed by atoms with E-state index in [9.17, 15) is 8.42 Å². The van der Waals surface area contributed by atoms with Crippen molar-refractivity contribution in [3.05, 3.63) is 36.5 Å². The summed E-state index contributed by atoms with van der Waals surface area (Å²) < 4.78 is 31.3. The van der Waals surface area contributed by atoms with Gasteiger partial charge in [-0.25, -0.2) is 18.4 Å². The third-order valence-corrected chi connectivity index (χ3v) is 6.21. The molecule has 27 heavy (non-hydrogen) atoms. The molecular formula is C18H25N5O3S. The molecule has 1 aromatic heterocycles. The van der Waals surface area contributed by atoms with Gasteiger partial charge in [0.2, 0.25) is 16.0 Å². The zero-order valence-electron chi connectivity index (χ0n) is 15.6. The van der Waals surface area contributed by atoms with Gasteiger partial charge in [0.15, 0.2) is 0 Å². The highest BCUT2D eigenvalue weighted by Crippen LogP contribution is 2.21. The van der Waals surface area contributed by atoms with Crippen molar-refractivity contribution in [1.29, 1.82) is 0 Å². The van der Waals surface area contributed by atoms with E-state index in [1.54, 1.807) is 6.20 Å². The van der Waals surface area contributed by atoms with Crippen LogP contribution >= 0.6 is 0 Å². The van der Waals surface area contributed by atoms with Gasteiger partial charge in [-0.05, 0) is 18.2 Å². The van der Waals surface area contributed by atoms with Crippen LogP contribution in [0.15, 0.2) is 36.5 Å². The number of nitrogens with one attached hydrogen (secondary N) is 1. The highest BCUT2D eigenvalue weighted by Gasteiger charge is 2.23. The molecular weight excluding hydrogens is 366 g/mol. The largest absolute Gasteiger partial charge is 0.379 e. The van der Waals surface area contributed by atoms with Crippen LogP contribution in [-0.4, -0.2) is 75.4 Å². The smallest absolute Gasteiger partial charge is 0.223 e. The van der Waals surface area contributed by atoms with Crippen molar-refractivity contribution >= 4 is 21.7 Å². The number of sulfonamides is 1. The lowest BCUT2D eigenvalue weighted by Crippen LogP contribution is -2.42. The maximum atomic E-state index is 12.3. The third-order valence-electron chi connectivity index (χ3n) is 4.34. The van der Waals surface area contributed by atoms with Gasteiger partial charge in [0, 0.05) is 51.2 Å². The summed E-state index contributed by atoms with van der Waals surface area (Å²) >= 11 is 0. The second-order valence-electron chi connectivity index (χ2n) is 6.46. The van der Waals surface area contributed by atoms with E-state index in [1.165, 1.54) is 4.31 Å². The monoisotopic (exact) mass is 391 g/mol. The first kappa shape index (κ1) is 19.5. The van der Waals surface area contributed by atoms with Gasteiger partial charge in [0.1, 0.15) is 0 Å². The van der Waals surface area contributed by atoms with Crippen LogP contribution in [0.3, 0.4) is 0 Å². The highest BCUT2D eigenvalue weighted by atomic mass is 32.2. The van der Waals surface area contributed by atoms with Gasteiger partial charge in [-0.2, -0.15) is 4.31 Å². The Morgan fingerprint density at radius 3 is 2.52 bits per heavy atom. The van der Waals surface area contributed by atoms with Gasteiger partial charge in [-0.1, -0.05) is 12.1 Å². The predicted molar refractivity (Wildman–Crippen MR) is 106 cm³/mol. The van der Waals surface area contributed by atoms with Gasteiger partial charge >= 0.3 is 0 Å². The lowest BCUT2D eigenvalue weighted by molar-refractivity contribution is 0.0731. The fraction of sp³-hybridized carbons (Fsp3) is 0.444. The standard InChI is InChI=1S/C18H25N5O3S/c1-22(2)16-5-3-15(4-6-16)17-7-8-19-18(21-17)20-9-14-27(24,25)23-10-12-26-13-11-23/h3-8H,9-14H2,1-2H3,(H,19,20,21). The first-order valence-corrected chi connectivity index (χ1v) is 10.5. The summed E-state index contributed by atoms with van der Waals surface area (Å²) in [5.41, 5.74) is 2.88. The first-order chi connectivity index (χ1) is 13.0. The SMILES string of the molecule is CN(C)c1ccc(-c2ccnc(NCCS(=O)(=O)N3CCOCC3)n2)cc1. The molecule has 1 aliphatic heterocycles. The quantitative estimate of drug-likeness (QED) is 0.761. The minimum Gasteiger partial charge on any atom is -0.379 e. The molecule has 0 amide bonds. The van der Waals surface area contributed by atoms with Crippen molar-refractivity contribution in [3.63, 3.8) is 0 Å². The number of morpholine rings is 1. The molecule has 0 unspecified atom stereocenters. The molecule has 0 spiro atoms. The fourth-order valence-corrected chi connectivity index (χ4v) is 4.10. The van der Waals surface area contributed by atoms with E-state index in [-0.39, 0.29) is 12.3 Å². The predicted octanol–water partition coefficient (Wildman–Crippen LogP) is 1.28. The minimum atomic E-state index is -3.30. The molecule has 3 rings (SSSR count). The number of hydrogen-bond acceptors (Lipinski definition) is 7. The number of benzene rings is 1. The molecule has 2 aromatic rings. The molecule has 1 fully saturated rings. The van der Waals surface area contributed by atoms with Gasteiger partial charge in [0.05, 0.1) is 24.7 Å². The molecule has 0 saturated carbocycles. The van der Waals surface area contributed by atoms with Crippen LogP contribution in [0.1, 0.15) is 0 Å². The summed E-state index contributed by atoms with van der Waals surface area (Å²) in [4.78, 5) is 10.7. The van der Waals surface area contributed by atoms with E-state index in [4.69, 9.17) is 4.74 Å². The van der Waals surface area contributed by atoms with E-state index in [2.05, 4.69) is 15.3 Å². The Balaban J connectivity index is 1.60. The number of anilines is 2. The summed E-state index contributed by atoms with van der Waals surface area (Å²) in [7, 11) is 0.687. The fourth-order valence-electron chi connectivity index (χ4n) is 2.78. The van der Waals surface area contributed by atoms with Crippen molar-refractivity contribution in [3.8, 4) is 11.3 Å². The molecule has 1 N–H and O–H groups in total. The molecule has 8 nitrogen and oxygen atoms in total. The highest BCUT2D eigenvalue weighted by molar-refractivity contribution is 7.89. The van der Waals surface area contributed by atoms with Crippen LogP contribution in [0.25, 0.3) is 11.3 Å². The molecule has 0 radical (unpaired) electrons. The van der Waals surface area contributed by atoms with Crippen LogP contribution in [0, 0.1) is 0 Å². The summed E-state index contributed by atoms with van der Waals surface area (Å²) in [5.74, 6) is 0.416. The van der Waals surface area contributed by atoms with E-state index in [0.29, 0.717) is 32.3 Å². The first-order valence-electron chi connectivity index (χ1n) is 8.86. The Labute approximate surface area is 160 Å². The number of rotatable bonds is 7. The van der Waals surface area contributed by atoms with Crippen LogP contribution in [0.2, 0.25) is 0 Å². The summed E-state index contributed by atoms with van der Waals surface area (Å²) in [6, 6.07) is 9.90. The average Bonchev–Trinajstić information content (AvgIpc) is 2.69. The number of aromatic nitrogens is 2. The second-order valence-corrected chi connectivity index (χ2v) is 8.55. The summed E-state index contributed by atoms with van der Waals surface area (Å²) in [6.45, 7) is 1.98. The third kappa shape index (κ3) is 5.15. The second kappa shape index (κ2) is 8.64. The normalized spacial score (nSPS) is 15.5. The Morgan fingerprint density at radius 2 is 1.85 bits per heavy atom. The maximum absolute atomic E-state index is 12.3. The van der Waals surface area contributed by atoms with Gasteiger partial charge in [0.25, 0.3) is 0 Å². The van der Waals surface area contributed by atoms with Crippen molar-refractivity contribution in [2.45, 2.75) is 0 Å². The minimum absolute atomic E-state index is 0.00187. The molecule has 9 heteroatoms. The Hall–Kier alpha value is -2.23. The molecule has 2 heterocycles. The van der Waals surface area contributed by atoms with Gasteiger partial charge in [-0.3, -0.25) is 0 Å². The maximum Gasteiger partial charge on any atom is 0.223 e.